The molecule has 1 aromatic heterocycles. The summed E-state index contributed by atoms with van der Waals surface area (Å²) in [7, 11) is 3.97. The van der Waals surface area contributed by atoms with E-state index in [4.69, 9.17) is 0 Å². The van der Waals surface area contributed by atoms with Gasteiger partial charge in [-0.25, -0.2) is 13.8 Å². The third kappa shape index (κ3) is 4.44. The zero-order valence-corrected chi connectivity index (χ0v) is 13.1. The molecule has 0 aliphatic carbocycles. The Bertz CT molecular complexity index is 600. The van der Waals surface area contributed by atoms with Gasteiger partial charge in [0.25, 0.3) is 0 Å². The van der Waals surface area contributed by atoms with Crippen molar-refractivity contribution in [2.24, 2.45) is 0 Å². The van der Waals surface area contributed by atoms with E-state index in [0.29, 0.717) is 12.1 Å². The zero-order valence-electron chi connectivity index (χ0n) is 12.3. The van der Waals surface area contributed by atoms with Crippen LogP contribution in [0.2, 0.25) is 0 Å². The van der Waals surface area contributed by atoms with Crippen LogP contribution in [0.25, 0.3) is 0 Å². The fourth-order valence-electron chi connectivity index (χ4n) is 1.84. The van der Waals surface area contributed by atoms with E-state index >= 15 is 0 Å². The number of hydrogen-bond acceptors (Lipinski definition) is 5. The van der Waals surface area contributed by atoms with Crippen molar-refractivity contribution in [2.75, 3.05) is 32.1 Å². The normalized spacial score (nSPS) is 11.1. The van der Waals surface area contributed by atoms with Crippen LogP contribution in [0.4, 0.5) is 13.9 Å². The van der Waals surface area contributed by atoms with Crippen LogP contribution in [0, 0.1) is 18.6 Å². The molecule has 1 aromatic carbocycles. The number of halogens is 2. The van der Waals surface area contributed by atoms with Crippen molar-refractivity contribution >= 4 is 16.7 Å². The monoisotopic (exact) mass is 312 g/mol. The van der Waals surface area contributed by atoms with Crippen molar-refractivity contribution in [3.63, 3.8) is 0 Å². The maximum Gasteiger partial charge on any atom is 0.205 e. The number of aryl methyl sites for hydroxylation is 1. The fourth-order valence-corrected chi connectivity index (χ4v) is 2.53. The van der Waals surface area contributed by atoms with Gasteiger partial charge in [-0.1, -0.05) is 6.07 Å². The van der Waals surface area contributed by atoms with Gasteiger partial charge in [0.1, 0.15) is 5.82 Å². The average Bonchev–Trinajstić information content (AvgIpc) is 2.85. The predicted octanol–water partition coefficient (Wildman–Crippen LogP) is 2.69. The van der Waals surface area contributed by atoms with E-state index < -0.39 is 11.6 Å². The molecule has 0 aliphatic rings. The minimum absolute atomic E-state index is 0.472. The number of anilines is 1. The minimum atomic E-state index is -0.828. The smallest absolute Gasteiger partial charge is 0.205 e. The molecule has 0 aliphatic heterocycles. The first kappa shape index (κ1) is 15.8. The summed E-state index contributed by atoms with van der Waals surface area (Å²) < 4.78 is 30.5. The summed E-state index contributed by atoms with van der Waals surface area (Å²) in [6.07, 6.45) is 0. The van der Waals surface area contributed by atoms with Crippen LogP contribution in [0.3, 0.4) is 0 Å². The number of aromatic nitrogens is 2. The van der Waals surface area contributed by atoms with Gasteiger partial charge in [-0.05, 0) is 38.7 Å². The molecular formula is C14H18F2N4S. The molecule has 0 saturated heterocycles. The van der Waals surface area contributed by atoms with Crippen LogP contribution in [0.5, 0.6) is 0 Å². The molecule has 0 bridgehead atoms. The summed E-state index contributed by atoms with van der Waals surface area (Å²) in [4.78, 5) is 8.46. The second-order valence-corrected chi connectivity index (χ2v) is 5.83. The number of rotatable bonds is 6. The van der Waals surface area contributed by atoms with Crippen LogP contribution in [-0.4, -0.2) is 41.4 Å². The Hall–Kier alpha value is -1.60. The number of benzene rings is 1. The maximum atomic E-state index is 13.3. The Labute approximate surface area is 127 Å². The molecule has 0 atom stereocenters. The molecule has 0 saturated carbocycles. The lowest BCUT2D eigenvalue weighted by Crippen LogP contribution is -2.31. The van der Waals surface area contributed by atoms with Gasteiger partial charge in [-0.15, -0.1) is 0 Å². The van der Waals surface area contributed by atoms with Gasteiger partial charge in [0.15, 0.2) is 11.6 Å². The summed E-state index contributed by atoms with van der Waals surface area (Å²) in [5.41, 5.74) is 0.709. The minimum Gasteiger partial charge on any atom is -0.341 e. The van der Waals surface area contributed by atoms with Gasteiger partial charge in [-0.3, -0.25) is 0 Å². The van der Waals surface area contributed by atoms with Crippen LogP contribution in [0.15, 0.2) is 18.2 Å². The first-order valence-corrected chi connectivity index (χ1v) is 7.37. The van der Waals surface area contributed by atoms with Gasteiger partial charge < -0.3 is 9.80 Å². The summed E-state index contributed by atoms with van der Waals surface area (Å²) in [5, 5.41) is 0.791. The van der Waals surface area contributed by atoms with Crippen molar-refractivity contribution in [1.29, 1.82) is 0 Å². The van der Waals surface area contributed by atoms with E-state index in [1.807, 2.05) is 25.9 Å². The second-order valence-electron chi connectivity index (χ2n) is 5.10. The highest BCUT2D eigenvalue weighted by atomic mass is 32.1. The van der Waals surface area contributed by atoms with Crippen molar-refractivity contribution in [3.05, 3.63) is 41.2 Å². The van der Waals surface area contributed by atoms with Gasteiger partial charge in [0.05, 0.1) is 0 Å². The first-order chi connectivity index (χ1) is 9.95. The lowest BCUT2D eigenvalue weighted by Gasteiger charge is -2.23. The highest BCUT2D eigenvalue weighted by Gasteiger charge is 2.13. The van der Waals surface area contributed by atoms with Gasteiger partial charge in [0.2, 0.25) is 5.13 Å². The van der Waals surface area contributed by atoms with Crippen LogP contribution >= 0.6 is 11.5 Å². The van der Waals surface area contributed by atoms with Gasteiger partial charge >= 0.3 is 0 Å². The first-order valence-electron chi connectivity index (χ1n) is 6.59. The molecular weight excluding hydrogens is 294 g/mol. The quantitative estimate of drug-likeness (QED) is 0.821. The number of likely N-dealkylation sites (N-methyl/N-ethyl adjacent to an activating group) is 1. The highest BCUT2D eigenvalue weighted by Crippen LogP contribution is 2.20. The van der Waals surface area contributed by atoms with Gasteiger partial charge in [-0.2, -0.15) is 4.37 Å². The summed E-state index contributed by atoms with van der Waals surface area (Å²) in [6.45, 7) is 3.88. The standard InChI is InChI=1S/C14H18F2N4S/c1-10-17-14(21-18-10)20(7-6-19(2)3)9-11-4-5-12(15)13(16)8-11/h4-5,8H,6-7,9H2,1-3H3. The third-order valence-electron chi connectivity index (χ3n) is 2.96. The largest absolute Gasteiger partial charge is 0.341 e. The van der Waals surface area contributed by atoms with E-state index in [1.54, 1.807) is 6.07 Å². The summed E-state index contributed by atoms with van der Waals surface area (Å²) in [5.74, 6) is -0.936. The molecule has 7 heteroatoms. The molecule has 0 fully saturated rings. The Kier molecular flexibility index (Phi) is 5.19. The molecule has 0 amide bonds. The van der Waals surface area contributed by atoms with Crippen molar-refractivity contribution in [1.82, 2.24) is 14.3 Å². The maximum absolute atomic E-state index is 13.3. The number of hydrogen-bond donors (Lipinski definition) is 0. The van der Waals surface area contributed by atoms with Crippen molar-refractivity contribution in [2.45, 2.75) is 13.5 Å². The average molecular weight is 312 g/mol. The highest BCUT2D eigenvalue weighted by molar-refractivity contribution is 7.09. The lowest BCUT2D eigenvalue weighted by molar-refractivity contribution is 0.412. The molecule has 4 nitrogen and oxygen atoms in total. The molecule has 0 spiro atoms. The molecule has 2 aromatic rings. The third-order valence-corrected chi connectivity index (χ3v) is 3.83. The Morgan fingerprint density at radius 3 is 2.48 bits per heavy atom. The number of nitrogens with zero attached hydrogens (tertiary/aromatic N) is 4. The van der Waals surface area contributed by atoms with Crippen LogP contribution in [-0.2, 0) is 6.54 Å². The molecule has 2 rings (SSSR count). The predicted molar refractivity (Wildman–Crippen MR) is 80.6 cm³/mol. The van der Waals surface area contributed by atoms with Crippen LogP contribution in [0.1, 0.15) is 11.4 Å². The van der Waals surface area contributed by atoms with Gasteiger partial charge in [0, 0.05) is 31.2 Å². The molecule has 114 valence electrons. The van der Waals surface area contributed by atoms with E-state index in [-0.39, 0.29) is 0 Å². The SMILES string of the molecule is Cc1nsc(N(CCN(C)C)Cc2ccc(F)c(F)c2)n1. The van der Waals surface area contributed by atoms with E-state index in [2.05, 4.69) is 14.3 Å². The topological polar surface area (TPSA) is 32.3 Å². The second kappa shape index (κ2) is 6.91. The van der Waals surface area contributed by atoms with Crippen LogP contribution < -0.4 is 4.90 Å². The molecule has 0 N–H and O–H groups in total. The molecule has 0 unspecified atom stereocenters. The lowest BCUT2D eigenvalue weighted by atomic mass is 10.2. The van der Waals surface area contributed by atoms with Crippen molar-refractivity contribution < 1.29 is 8.78 Å². The summed E-state index contributed by atoms with van der Waals surface area (Å²) >= 11 is 1.31. The van der Waals surface area contributed by atoms with E-state index in [0.717, 1.165) is 30.1 Å². The fraction of sp³-hybridized carbons (Fsp3) is 0.429. The Morgan fingerprint density at radius 1 is 1.14 bits per heavy atom. The molecule has 21 heavy (non-hydrogen) atoms. The Morgan fingerprint density at radius 2 is 1.90 bits per heavy atom. The molecule has 0 radical (unpaired) electrons. The summed E-state index contributed by atoms with van der Waals surface area (Å²) in [6, 6.07) is 3.97. The van der Waals surface area contributed by atoms with E-state index in [1.165, 1.54) is 17.6 Å². The molecule has 1 heterocycles. The van der Waals surface area contributed by atoms with E-state index in [9.17, 15) is 8.78 Å². The Balaban J connectivity index is 2.16. The zero-order chi connectivity index (χ0) is 15.4. The van der Waals surface area contributed by atoms with Crippen molar-refractivity contribution in [3.8, 4) is 0 Å².